The molecule has 1 amide bonds. The Labute approximate surface area is 306 Å². The number of hydrogen-bond donors (Lipinski definition) is 2. The van der Waals surface area contributed by atoms with Crippen LogP contribution in [0.15, 0.2) is 0 Å². The fourth-order valence-corrected chi connectivity index (χ4v) is 3.45. The average molecular weight is 747 g/mol. The predicted molar refractivity (Wildman–Crippen MR) is 189 cm³/mol. The molecule has 17 heteroatoms. The molecule has 0 atom stereocenters. The molecule has 0 heterocycles. The minimum Gasteiger partial charge on any atom is -0.444 e. The number of ether oxygens (including phenoxy) is 14. The highest BCUT2D eigenvalue weighted by Gasteiger charge is 2.15. The molecule has 306 valence electrons. The Morgan fingerprint density at radius 2 is 0.549 bits per heavy atom. The Balaban J connectivity index is 3.09. The third-order valence-corrected chi connectivity index (χ3v) is 5.88. The first-order chi connectivity index (χ1) is 25.0. The molecule has 0 aromatic heterocycles. The zero-order valence-electron chi connectivity index (χ0n) is 31.9. The molecule has 0 aliphatic carbocycles. The van der Waals surface area contributed by atoms with Crippen LogP contribution in [0.25, 0.3) is 0 Å². The van der Waals surface area contributed by atoms with Gasteiger partial charge in [0.1, 0.15) is 5.60 Å². The summed E-state index contributed by atoms with van der Waals surface area (Å²) in [6.07, 6.45) is -0.453. The van der Waals surface area contributed by atoms with E-state index in [4.69, 9.17) is 66.3 Å². The first kappa shape index (κ1) is 49.7. The summed E-state index contributed by atoms with van der Waals surface area (Å²) in [6.45, 7) is 19.8. The number of nitrogens with one attached hydrogen (secondary N) is 2. The molecule has 0 aliphatic rings. The second-order valence-corrected chi connectivity index (χ2v) is 11.5. The van der Waals surface area contributed by atoms with Crippen molar-refractivity contribution in [1.82, 2.24) is 10.6 Å². The first-order valence-electron chi connectivity index (χ1n) is 18.1. The number of rotatable bonds is 42. The largest absolute Gasteiger partial charge is 0.444 e. The first-order valence-corrected chi connectivity index (χ1v) is 18.1. The molecule has 51 heavy (non-hydrogen) atoms. The van der Waals surface area contributed by atoms with E-state index >= 15 is 0 Å². The summed E-state index contributed by atoms with van der Waals surface area (Å²) in [6, 6.07) is 0. The van der Waals surface area contributed by atoms with Crippen molar-refractivity contribution in [3.05, 3.63) is 0 Å². The molecule has 0 radical (unpaired) electrons. The van der Waals surface area contributed by atoms with E-state index in [0.29, 0.717) is 178 Å². The van der Waals surface area contributed by atoms with Crippen molar-refractivity contribution in [2.24, 2.45) is 0 Å². The third-order valence-electron chi connectivity index (χ3n) is 5.88. The van der Waals surface area contributed by atoms with Gasteiger partial charge in [0.05, 0.1) is 172 Å². The van der Waals surface area contributed by atoms with Gasteiger partial charge in [0.15, 0.2) is 0 Å². The van der Waals surface area contributed by atoms with Gasteiger partial charge in [-0.2, -0.15) is 0 Å². The van der Waals surface area contributed by atoms with Gasteiger partial charge in [0.25, 0.3) is 0 Å². The lowest BCUT2D eigenvalue weighted by Crippen LogP contribution is -2.34. The Hall–Kier alpha value is -1.29. The third kappa shape index (κ3) is 46.7. The smallest absolute Gasteiger partial charge is 0.407 e. The summed E-state index contributed by atoms with van der Waals surface area (Å²) in [4.78, 5) is 11.5. The molecule has 17 nitrogen and oxygen atoms in total. The predicted octanol–water partition coefficient (Wildman–Crippen LogP) is 0.946. The Morgan fingerprint density at radius 3 is 0.745 bits per heavy atom. The van der Waals surface area contributed by atoms with E-state index in [1.165, 1.54) is 0 Å². The van der Waals surface area contributed by atoms with Gasteiger partial charge < -0.3 is 76.9 Å². The van der Waals surface area contributed by atoms with Crippen molar-refractivity contribution < 1.29 is 71.1 Å². The average Bonchev–Trinajstić information content (AvgIpc) is 3.09. The number of amides is 1. The second kappa shape index (κ2) is 41.5. The quantitative estimate of drug-likeness (QED) is 0.0846. The number of hydrogen-bond acceptors (Lipinski definition) is 16. The second-order valence-electron chi connectivity index (χ2n) is 11.5. The number of alkyl carbamates (subject to hydrolysis) is 1. The zero-order valence-corrected chi connectivity index (χ0v) is 31.9. The summed E-state index contributed by atoms with van der Waals surface area (Å²) < 4.78 is 76.0. The molecule has 0 unspecified atom stereocenters. The van der Waals surface area contributed by atoms with Crippen molar-refractivity contribution in [2.75, 3.05) is 192 Å². The lowest BCUT2D eigenvalue weighted by molar-refractivity contribution is -0.0290. The highest BCUT2D eigenvalue weighted by molar-refractivity contribution is 5.67. The van der Waals surface area contributed by atoms with E-state index in [-0.39, 0.29) is 0 Å². The van der Waals surface area contributed by atoms with Gasteiger partial charge in [-0.3, -0.25) is 0 Å². The fourth-order valence-electron chi connectivity index (χ4n) is 3.45. The maximum atomic E-state index is 11.5. The molecule has 0 fully saturated rings. The van der Waals surface area contributed by atoms with Gasteiger partial charge in [-0.15, -0.1) is 0 Å². The van der Waals surface area contributed by atoms with Gasteiger partial charge in [-0.25, -0.2) is 4.79 Å². The van der Waals surface area contributed by atoms with Crippen LogP contribution in [0.2, 0.25) is 0 Å². The molecule has 0 saturated heterocycles. The summed E-state index contributed by atoms with van der Waals surface area (Å²) in [5.41, 5.74) is -0.513. The van der Waals surface area contributed by atoms with E-state index in [1.807, 2.05) is 27.8 Å². The van der Waals surface area contributed by atoms with Crippen LogP contribution in [-0.4, -0.2) is 204 Å². The van der Waals surface area contributed by atoms with Gasteiger partial charge in [-0.1, -0.05) is 0 Å². The van der Waals surface area contributed by atoms with Gasteiger partial charge in [0.2, 0.25) is 0 Å². The van der Waals surface area contributed by atoms with E-state index < -0.39 is 11.7 Å². The maximum absolute atomic E-state index is 11.5. The SMILES string of the molecule is CNCCOCCOCCOCCOCCOCCOCCOCCOCCOCCOCCOCCOCCOCCNC(=O)OC(C)(C)C. The monoisotopic (exact) mass is 746 g/mol. The van der Waals surface area contributed by atoms with Gasteiger partial charge in [-0.05, 0) is 27.8 Å². The van der Waals surface area contributed by atoms with Crippen LogP contribution in [0, 0.1) is 0 Å². The molecular weight excluding hydrogens is 676 g/mol. The van der Waals surface area contributed by atoms with E-state index in [2.05, 4.69) is 10.6 Å². The van der Waals surface area contributed by atoms with Crippen LogP contribution in [0.5, 0.6) is 0 Å². The number of likely N-dealkylation sites (N-methyl/N-ethyl adjacent to an activating group) is 1. The highest BCUT2D eigenvalue weighted by Crippen LogP contribution is 2.06. The van der Waals surface area contributed by atoms with E-state index in [9.17, 15) is 4.79 Å². The van der Waals surface area contributed by atoms with Crippen LogP contribution in [0.4, 0.5) is 4.79 Å². The van der Waals surface area contributed by atoms with Crippen molar-refractivity contribution in [1.29, 1.82) is 0 Å². The molecular formula is C34H70N2O15. The topological polar surface area (TPSA) is 170 Å². The van der Waals surface area contributed by atoms with Crippen molar-refractivity contribution in [2.45, 2.75) is 26.4 Å². The minimum absolute atomic E-state index is 0.381. The lowest BCUT2D eigenvalue weighted by Gasteiger charge is -2.19. The normalized spacial score (nSPS) is 11.8. The Kier molecular flexibility index (Phi) is 40.4. The molecule has 0 aliphatic heterocycles. The lowest BCUT2D eigenvalue weighted by atomic mass is 10.2. The zero-order chi connectivity index (χ0) is 37.2. The van der Waals surface area contributed by atoms with Crippen LogP contribution in [0.3, 0.4) is 0 Å². The van der Waals surface area contributed by atoms with Crippen LogP contribution < -0.4 is 10.6 Å². The molecule has 0 saturated carbocycles. The molecule has 2 N–H and O–H groups in total. The number of carbonyl (C=O) groups excluding carboxylic acids is 1. The molecule has 0 spiro atoms. The standard InChI is InChI=1S/C34H70N2O15/c1-34(2,3)51-33(37)36-6-8-39-10-12-41-14-16-43-18-20-45-22-24-47-26-28-49-30-32-50-31-29-48-27-25-46-23-21-44-19-17-42-15-13-40-11-9-38-7-5-35-4/h35H,5-32H2,1-4H3,(H,36,37). The molecule has 0 bridgehead atoms. The summed E-state index contributed by atoms with van der Waals surface area (Å²) in [7, 11) is 1.89. The highest BCUT2D eigenvalue weighted by atomic mass is 16.6. The summed E-state index contributed by atoms with van der Waals surface area (Å²) in [5.74, 6) is 0. The van der Waals surface area contributed by atoms with Gasteiger partial charge >= 0.3 is 6.09 Å². The fraction of sp³-hybridized carbons (Fsp3) is 0.971. The van der Waals surface area contributed by atoms with Crippen LogP contribution in [-0.2, 0) is 66.3 Å². The Morgan fingerprint density at radius 1 is 0.353 bits per heavy atom. The Bertz CT molecular complexity index is 693. The van der Waals surface area contributed by atoms with Crippen LogP contribution >= 0.6 is 0 Å². The van der Waals surface area contributed by atoms with E-state index in [1.54, 1.807) is 0 Å². The summed E-state index contributed by atoms with van der Waals surface area (Å²) >= 11 is 0. The summed E-state index contributed by atoms with van der Waals surface area (Å²) in [5, 5.41) is 5.65. The number of carbonyl (C=O) groups is 1. The molecule has 0 aromatic rings. The van der Waals surface area contributed by atoms with Crippen LogP contribution in [0.1, 0.15) is 20.8 Å². The van der Waals surface area contributed by atoms with Crippen molar-refractivity contribution in [3.63, 3.8) is 0 Å². The minimum atomic E-state index is -0.513. The molecule has 0 aromatic carbocycles. The molecule has 0 rings (SSSR count). The van der Waals surface area contributed by atoms with Crippen molar-refractivity contribution >= 4 is 6.09 Å². The maximum Gasteiger partial charge on any atom is 0.407 e. The van der Waals surface area contributed by atoms with Crippen molar-refractivity contribution in [3.8, 4) is 0 Å². The van der Waals surface area contributed by atoms with E-state index in [0.717, 1.165) is 6.54 Å². The van der Waals surface area contributed by atoms with Gasteiger partial charge in [0, 0.05) is 13.1 Å².